The molecule has 10 nitrogen and oxygen atoms in total. The first-order valence-electron chi connectivity index (χ1n) is 13.7. The number of pyridine rings is 1. The van der Waals surface area contributed by atoms with Crippen molar-refractivity contribution in [2.24, 2.45) is 0 Å². The number of benzene rings is 2. The van der Waals surface area contributed by atoms with E-state index >= 15 is 0 Å². The smallest absolute Gasteiger partial charge is 0.410 e. The Morgan fingerprint density at radius 2 is 1.56 bits per heavy atom. The number of aliphatic hydroxyl groups excluding tert-OH is 1. The number of nitrogens with two attached hydrogens (primary N) is 1. The molecule has 1 saturated heterocycles. The second-order valence-corrected chi connectivity index (χ2v) is 11.3. The molecule has 0 unspecified atom stereocenters. The van der Waals surface area contributed by atoms with Crippen molar-refractivity contribution in [2.75, 3.05) is 43.3 Å². The maximum atomic E-state index is 12.7. The summed E-state index contributed by atoms with van der Waals surface area (Å²) in [6, 6.07) is 17.4. The number of rotatable bonds is 9. The highest BCUT2D eigenvalue weighted by atomic mass is 16.6. The molecule has 4 N–H and O–H groups in total. The highest BCUT2D eigenvalue weighted by Gasteiger charge is 2.32. The molecule has 10 heteroatoms. The van der Waals surface area contributed by atoms with Gasteiger partial charge in [0.25, 0.3) is 0 Å². The van der Waals surface area contributed by atoms with Gasteiger partial charge in [0.15, 0.2) is 5.82 Å². The van der Waals surface area contributed by atoms with E-state index in [0.717, 1.165) is 22.6 Å². The van der Waals surface area contributed by atoms with Crippen LogP contribution in [-0.2, 0) is 17.8 Å². The lowest BCUT2D eigenvalue weighted by atomic mass is 10.0. The molecular weight excluding hydrogens is 522 g/mol. The molecule has 0 bridgehead atoms. The van der Waals surface area contributed by atoms with Crippen molar-refractivity contribution in [3.63, 3.8) is 0 Å². The molecule has 1 aliphatic heterocycles. The number of methoxy groups -OCH3 is 2. The van der Waals surface area contributed by atoms with Gasteiger partial charge in [-0.3, -0.25) is 0 Å². The summed E-state index contributed by atoms with van der Waals surface area (Å²) in [7, 11) is 3.29. The van der Waals surface area contributed by atoms with Crippen LogP contribution in [0.25, 0.3) is 0 Å². The number of piperidine rings is 1. The monoisotopic (exact) mass is 563 g/mol. The molecule has 3 aromatic rings. The summed E-state index contributed by atoms with van der Waals surface area (Å²) < 4.78 is 16.2. The lowest BCUT2D eigenvalue weighted by molar-refractivity contribution is 0.00181. The number of aliphatic hydroxyl groups is 1. The van der Waals surface area contributed by atoms with Crippen molar-refractivity contribution in [3.05, 3.63) is 71.9 Å². The van der Waals surface area contributed by atoms with Crippen molar-refractivity contribution in [3.8, 4) is 11.5 Å². The Kier molecular flexibility index (Phi) is 9.44. The van der Waals surface area contributed by atoms with E-state index in [-0.39, 0.29) is 12.6 Å². The Balaban J connectivity index is 1.57. The number of carbonyl (C=O) groups is 1. The maximum Gasteiger partial charge on any atom is 0.410 e. The number of nitrogens with zero attached hydrogens (tertiary/aromatic N) is 3. The van der Waals surface area contributed by atoms with Gasteiger partial charge in [-0.25, -0.2) is 9.78 Å². The van der Waals surface area contributed by atoms with Crippen LogP contribution in [0.2, 0.25) is 0 Å². The zero-order chi connectivity index (χ0) is 29.6. The fourth-order valence-corrected chi connectivity index (χ4v) is 4.82. The van der Waals surface area contributed by atoms with Gasteiger partial charge in [-0.15, -0.1) is 0 Å². The largest absolute Gasteiger partial charge is 0.497 e. The second-order valence-electron chi connectivity index (χ2n) is 11.3. The van der Waals surface area contributed by atoms with E-state index in [2.05, 4.69) is 15.2 Å². The maximum absolute atomic E-state index is 12.7. The summed E-state index contributed by atoms with van der Waals surface area (Å²) >= 11 is 0. The Hall–Kier alpha value is -4.18. The molecule has 1 aliphatic rings. The number of ether oxygens (including phenoxy) is 3. The third kappa shape index (κ3) is 8.17. The van der Waals surface area contributed by atoms with Gasteiger partial charge in [0.1, 0.15) is 17.1 Å². The number of hydrogen-bond acceptors (Lipinski definition) is 9. The number of hydrogen-bond donors (Lipinski definition) is 3. The number of carbonyl (C=O) groups excluding carboxylic acids is 1. The first-order valence-corrected chi connectivity index (χ1v) is 13.7. The Morgan fingerprint density at radius 1 is 1.00 bits per heavy atom. The van der Waals surface area contributed by atoms with E-state index < -0.39 is 17.8 Å². The number of likely N-dealkylation sites (tertiary alicyclic amines) is 1. The molecule has 4 rings (SSSR count). The predicted octanol–water partition coefficient (Wildman–Crippen LogP) is 4.67. The topological polar surface area (TPSA) is 122 Å². The first kappa shape index (κ1) is 29.8. The summed E-state index contributed by atoms with van der Waals surface area (Å²) in [6.45, 7) is 7.19. The molecule has 0 saturated carbocycles. The van der Waals surface area contributed by atoms with Crippen LogP contribution < -0.4 is 25.4 Å². The quantitative estimate of drug-likeness (QED) is 0.341. The Labute approximate surface area is 242 Å². The molecule has 2 heterocycles. The lowest BCUT2D eigenvalue weighted by Crippen LogP contribution is -2.52. The summed E-state index contributed by atoms with van der Waals surface area (Å²) in [5.74, 6) is 2.20. The molecular formula is C31H41N5O5. The molecule has 0 spiro atoms. The van der Waals surface area contributed by atoms with Gasteiger partial charge < -0.3 is 40.2 Å². The van der Waals surface area contributed by atoms with Gasteiger partial charge in [-0.05, 0) is 68.7 Å². The minimum Gasteiger partial charge on any atom is -0.497 e. The number of nitrogen functional groups attached to an aromatic ring is 1. The van der Waals surface area contributed by atoms with Gasteiger partial charge in [0.2, 0.25) is 0 Å². The van der Waals surface area contributed by atoms with Crippen molar-refractivity contribution in [1.82, 2.24) is 9.88 Å². The van der Waals surface area contributed by atoms with Gasteiger partial charge in [0, 0.05) is 31.9 Å². The van der Waals surface area contributed by atoms with Gasteiger partial charge in [-0.1, -0.05) is 24.3 Å². The van der Waals surface area contributed by atoms with Gasteiger partial charge in [0.05, 0.1) is 38.2 Å². The minimum atomic E-state index is -0.682. The van der Waals surface area contributed by atoms with Crippen LogP contribution in [0, 0.1) is 0 Å². The highest BCUT2D eigenvalue weighted by Crippen LogP contribution is 2.32. The number of nitrogens with one attached hydrogen (secondary N) is 1. The average Bonchev–Trinajstić information content (AvgIpc) is 2.93. The lowest BCUT2D eigenvalue weighted by Gasteiger charge is -2.37. The van der Waals surface area contributed by atoms with Gasteiger partial charge >= 0.3 is 6.09 Å². The van der Waals surface area contributed by atoms with Crippen molar-refractivity contribution < 1.29 is 24.1 Å². The molecule has 220 valence electrons. The minimum absolute atomic E-state index is 0.222. The number of anilines is 3. The van der Waals surface area contributed by atoms with Crippen LogP contribution in [0.5, 0.6) is 11.5 Å². The van der Waals surface area contributed by atoms with E-state index in [0.29, 0.717) is 43.2 Å². The highest BCUT2D eigenvalue weighted by molar-refractivity contribution is 5.78. The third-order valence-corrected chi connectivity index (χ3v) is 6.77. The van der Waals surface area contributed by atoms with Crippen LogP contribution in [0.4, 0.5) is 22.0 Å². The fourth-order valence-electron chi connectivity index (χ4n) is 4.82. The van der Waals surface area contributed by atoms with Crippen molar-refractivity contribution in [2.45, 2.75) is 58.0 Å². The zero-order valence-corrected chi connectivity index (χ0v) is 24.5. The molecule has 2 atom stereocenters. The summed E-state index contributed by atoms with van der Waals surface area (Å²) in [6.07, 6.45) is 1.06. The standard InChI is InChI=1S/C31H41N5O5/c1-31(2,3)41-30(38)36-19-23(16-24(37)20-36)34-27-14-15-33-29(28(27)32)35(17-21-6-10-25(39-4)11-7-21)18-22-8-12-26(40-5)13-9-22/h6-15,23-24,37H,16-20,32H2,1-5H3,(H,33,34)/t23-,24+/m1/s1. The molecule has 0 radical (unpaired) electrons. The summed E-state index contributed by atoms with van der Waals surface area (Å²) in [4.78, 5) is 21.0. The van der Waals surface area contributed by atoms with E-state index in [4.69, 9.17) is 19.9 Å². The average molecular weight is 564 g/mol. The fraction of sp³-hybridized carbons (Fsp3) is 0.419. The van der Waals surface area contributed by atoms with E-state index in [9.17, 15) is 9.90 Å². The van der Waals surface area contributed by atoms with E-state index in [1.807, 2.05) is 75.4 Å². The van der Waals surface area contributed by atoms with E-state index in [1.54, 1.807) is 20.4 Å². The van der Waals surface area contributed by atoms with E-state index in [1.165, 1.54) is 4.90 Å². The number of β-amino-alcohol motifs (C(OH)–C–C–N with tert-alkyl or cyclic N) is 1. The summed E-state index contributed by atoms with van der Waals surface area (Å²) in [5.41, 5.74) is 9.43. The molecule has 2 aromatic carbocycles. The zero-order valence-electron chi connectivity index (χ0n) is 24.5. The number of aromatic nitrogens is 1. The summed E-state index contributed by atoms with van der Waals surface area (Å²) in [5, 5.41) is 14.0. The molecule has 1 amide bonds. The van der Waals surface area contributed by atoms with Crippen LogP contribution >= 0.6 is 0 Å². The Bertz CT molecular complexity index is 1240. The molecule has 41 heavy (non-hydrogen) atoms. The van der Waals surface area contributed by atoms with Crippen LogP contribution in [-0.4, -0.2) is 66.1 Å². The van der Waals surface area contributed by atoms with Crippen LogP contribution in [0.15, 0.2) is 60.8 Å². The Morgan fingerprint density at radius 3 is 2.07 bits per heavy atom. The van der Waals surface area contributed by atoms with Gasteiger partial charge in [-0.2, -0.15) is 0 Å². The van der Waals surface area contributed by atoms with Crippen molar-refractivity contribution in [1.29, 1.82) is 0 Å². The van der Waals surface area contributed by atoms with Crippen molar-refractivity contribution >= 4 is 23.3 Å². The first-order chi connectivity index (χ1) is 19.5. The molecule has 1 fully saturated rings. The second kappa shape index (κ2) is 13.0. The molecule has 0 aliphatic carbocycles. The predicted molar refractivity (Wildman–Crippen MR) is 160 cm³/mol. The van der Waals surface area contributed by atoms with Crippen LogP contribution in [0.3, 0.4) is 0 Å². The third-order valence-electron chi connectivity index (χ3n) is 6.77. The normalized spacial score (nSPS) is 17.1. The SMILES string of the molecule is COc1ccc(CN(Cc2ccc(OC)cc2)c2nccc(N[C@@H]3C[C@H](O)CN(C(=O)OC(C)(C)C)C3)c2N)cc1. The molecule has 1 aromatic heterocycles. The number of amides is 1. The van der Waals surface area contributed by atoms with Crippen LogP contribution in [0.1, 0.15) is 38.3 Å².